The summed E-state index contributed by atoms with van der Waals surface area (Å²) >= 11 is 0. The van der Waals surface area contributed by atoms with Crippen LogP contribution in [0, 0.1) is 17.2 Å². The van der Waals surface area contributed by atoms with E-state index in [-0.39, 0.29) is 11.9 Å². The van der Waals surface area contributed by atoms with E-state index in [0.29, 0.717) is 18.9 Å². The summed E-state index contributed by atoms with van der Waals surface area (Å²) in [7, 11) is 0. The minimum atomic E-state index is -4.69. The van der Waals surface area contributed by atoms with E-state index in [4.69, 9.17) is 10.00 Å². The molecular weight excluding hydrogens is 350 g/mol. The molecule has 1 aliphatic carbocycles. The molecule has 1 aromatic carbocycles. The van der Waals surface area contributed by atoms with Crippen molar-refractivity contribution in [1.29, 1.82) is 5.26 Å². The molecule has 0 N–H and O–H groups in total. The predicted octanol–water partition coefficient (Wildman–Crippen LogP) is 5.82. The average molecular weight is 371 g/mol. The number of benzene rings is 1. The van der Waals surface area contributed by atoms with Crippen LogP contribution in [0.15, 0.2) is 36.2 Å². The monoisotopic (exact) mass is 371 g/mol. The van der Waals surface area contributed by atoms with E-state index in [1.165, 1.54) is 24.3 Å². The highest BCUT2D eigenvalue weighted by Gasteiger charge is 2.31. The third-order valence-corrected chi connectivity index (χ3v) is 4.44. The Labute approximate surface area is 150 Å². The number of alkyl halides is 3. The van der Waals surface area contributed by atoms with Gasteiger partial charge in [0.05, 0.1) is 12.7 Å². The summed E-state index contributed by atoms with van der Waals surface area (Å²) in [6.07, 6.45) is 2.00. The minimum Gasteiger partial charge on any atom is -0.406 e. The zero-order valence-corrected chi connectivity index (χ0v) is 14.3. The molecule has 1 fully saturated rings. The summed E-state index contributed by atoms with van der Waals surface area (Å²) in [4.78, 5) is 0. The highest BCUT2D eigenvalue weighted by atomic mass is 19.4. The largest absolute Gasteiger partial charge is 0.573 e. The lowest BCUT2D eigenvalue weighted by atomic mass is 9.84. The Kier molecular flexibility index (Phi) is 7.46. The second-order valence-electron chi connectivity index (χ2n) is 6.39. The van der Waals surface area contributed by atoms with Crippen molar-refractivity contribution in [3.63, 3.8) is 0 Å². The Morgan fingerprint density at radius 1 is 1.15 bits per heavy atom. The van der Waals surface area contributed by atoms with Gasteiger partial charge in [0.1, 0.15) is 11.8 Å². The van der Waals surface area contributed by atoms with Crippen LogP contribution in [0.25, 0.3) is 0 Å². The quantitative estimate of drug-likeness (QED) is 0.448. The normalized spacial score (nSPS) is 21.3. The van der Waals surface area contributed by atoms with E-state index in [0.717, 1.165) is 37.7 Å². The second kappa shape index (κ2) is 9.58. The zero-order chi connectivity index (χ0) is 19.0. The average Bonchev–Trinajstić information content (AvgIpc) is 2.61. The predicted molar refractivity (Wildman–Crippen MR) is 87.7 cm³/mol. The summed E-state index contributed by atoms with van der Waals surface area (Å²) < 4.78 is 58.8. The number of hydrogen-bond donors (Lipinski definition) is 0. The van der Waals surface area contributed by atoms with Crippen molar-refractivity contribution in [3.8, 4) is 11.8 Å². The zero-order valence-electron chi connectivity index (χ0n) is 14.3. The molecule has 26 heavy (non-hydrogen) atoms. The van der Waals surface area contributed by atoms with Crippen molar-refractivity contribution in [2.75, 3.05) is 0 Å². The van der Waals surface area contributed by atoms with Gasteiger partial charge in [-0.15, -0.1) is 13.2 Å². The summed E-state index contributed by atoms with van der Waals surface area (Å²) in [5.74, 6) is -0.464. The molecule has 0 heterocycles. The highest BCUT2D eigenvalue weighted by molar-refractivity contribution is 5.27. The fraction of sp³-hybridized carbons (Fsp3) is 0.526. The van der Waals surface area contributed by atoms with Crippen LogP contribution in [0.1, 0.15) is 44.1 Å². The van der Waals surface area contributed by atoms with Gasteiger partial charge in [0.25, 0.3) is 0 Å². The van der Waals surface area contributed by atoms with Gasteiger partial charge >= 0.3 is 6.36 Å². The third kappa shape index (κ3) is 7.44. The van der Waals surface area contributed by atoms with Gasteiger partial charge in [-0.25, -0.2) is 0 Å². The first kappa shape index (κ1) is 20.2. The van der Waals surface area contributed by atoms with Crippen LogP contribution in [0.3, 0.4) is 0 Å². The van der Waals surface area contributed by atoms with Gasteiger partial charge in [0, 0.05) is 0 Å². The smallest absolute Gasteiger partial charge is 0.406 e. The number of ether oxygens (including phenoxy) is 2. The van der Waals surface area contributed by atoms with Crippen molar-refractivity contribution >= 4 is 0 Å². The van der Waals surface area contributed by atoms with E-state index < -0.39 is 12.2 Å². The summed E-state index contributed by atoms with van der Waals surface area (Å²) in [5.41, 5.74) is 0.791. The van der Waals surface area contributed by atoms with Gasteiger partial charge in [-0.05, 0) is 68.2 Å². The van der Waals surface area contributed by atoms with E-state index in [2.05, 4.69) is 4.74 Å². The maximum Gasteiger partial charge on any atom is 0.573 e. The van der Waals surface area contributed by atoms with Crippen molar-refractivity contribution in [1.82, 2.24) is 0 Å². The molecule has 1 saturated carbocycles. The van der Waals surface area contributed by atoms with Crippen LogP contribution in [0.5, 0.6) is 5.75 Å². The SMILES string of the molecule is N#CC(F)=CCCC1CCC(OCc2ccc(OC(F)(F)F)cc2)CC1. The van der Waals surface area contributed by atoms with Crippen LogP contribution < -0.4 is 4.74 Å². The molecule has 0 bridgehead atoms. The first-order valence-electron chi connectivity index (χ1n) is 8.58. The number of halogens is 4. The molecular formula is C19H21F4NO2. The highest BCUT2D eigenvalue weighted by Crippen LogP contribution is 2.30. The summed E-state index contributed by atoms with van der Waals surface area (Å²) in [6.45, 7) is 0.345. The molecule has 0 atom stereocenters. The molecule has 0 aromatic heterocycles. The number of nitriles is 1. The number of hydrogen-bond acceptors (Lipinski definition) is 3. The molecule has 3 nitrogen and oxygen atoms in total. The Morgan fingerprint density at radius 2 is 1.81 bits per heavy atom. The number of nitrogens with zero attached hydrogens (tertiary/aromatic N) is 1. The summed E-state index contributed by atoms with van der Waals surface area (Å²) in [5, 5.41) is 8.36. The molecule has 1 aromatic rings. The lowest BCUT2D eigenvalue weighted by Gasteiger charge is -2.28. The van der Waals surface area contributed by atoms with Gasteiger partial charge < -0.3 is 9.47 Å². The molecule has 0 aliphatic heterocycles. The van der Waals surface area contributed by atoms with Gasteiger partial charge in [0.2, 0.25) is 0 Å². The van der Waals surface area contributed by atoms with Gasteiger partial charge in [-0.1, -0.05) is 12.1 Å². The first-order chi connectivity index (χ1) is 12.4. The minimum absolute atomic E-state index is 0.128. The maximum atomic E-state index is 12.7. The standard InChI is InChI=1S/C19H21F4NO2/c20-16(12-24)3-1-2-14-4-8-17(9-5-14)25-13-15-6-10-18(11-7-15)26-19(21,22)23/h3,6-7,10-11,14,17H,1-2,4-5,8-9,13H2. The van der Waals surface area contributed by atoms with E-state index in [1.54, 1.807) is 12.1 Å². The lowest BCUT2D eigenvalue weighted by molar-refractivity contribution is -0.274. The maximum absolute atomic E-state index is 12.7. The van der Waals surface area contributed by atoms with Crippen LogP contribution in [-0.2, 0) is 11.3 Å². The molecule has 0 amide bonds. The molecule has 0 radical (unpaired) electrons. The molecule has 2 rings (SSSR count). The van der Waals surface area contributed by atoms with Crippen molar-refractivity contribution in [2.24, 2.45) is 5.92 Å². The van der Waals surface area contributed by atoms with Crippen LogP contribution in [-0.4, -0.2) is 12.5 Å². The van der Waals surface area contributed by atoms with Crippen LogP contribution in [0.2, 0.25) is 0 Å². The van der Waals surface area contributed by atoms with Crippen LogP contribution >= 0.6 is 0 Å². The Bertz CT molecular complexity index is 626. The Morgan fingerprint density at radius 3 is 2.38 bits per heavy atom. The molecule has 0 spiro atoms. The van der Waals surface area contributed by atoms with Gasteiger partial charge in [-0.2, -0.15) is 9.65 Å². The molecule has 1 aliphatic rings. The fourth-order valence-corrected chi connectivity index (χ4v) is 3.08. The van der Waals surface area contributed by atoms with Crippen molar-refractivity contribution in [2.45, 2.75) is 57.6 Å². The van der Waals surface area contributed by atoms with Gasteiger partial charge in [0.15, 0.2) is 5.83 Å². The van der Waals surface area contributed by atoms with Crippen LogP contribution in [0.4, 0.5) is 17.6 Å². The van der Waals surface area contributed by atoms with E-state index >= 15 is 0 Å². The first-order valence-corrected chi connectivity index (χ1v) is 8.58. The van der Waals surface area contributed by atoms with E-state index in [9.17, 15) is 17.6 Å². The number of rotatable bonds is 7. The number of allylic oxidation sites excluding steroid dienone is 2. The summed E-state index contributed by atoms with van der Waals surface area (Å²) in [6, 6.07) is 7.13. The Hall–Kier alpha value is -2.07. The van der Waals surface area contributed by atoms with Crippen molar-refractivity contribution < 1.29 is 27.0 Å². The molecule has 142 valence electrons. The van der Waals surface area contributed by atoms with E-state index in [1.807, 2.05) is 0 Å². The topological polar surface area (TPSA) is 42.2 Å². The molecule has 0 saturated heterocycles. The van der Waals surface area contributed by atoms with Gasteiger partial charge in [-0.3, -0.25) is 0 Å². The third-order valence-electron chi connectivity index (χ3n) is 4.44. The fourth-order valence-electron chi connectivity index (χ4n) is 3.08. The van der Waals surface area contributed by atoms with Crippen molar-refractivity contribution in [3.05, 3.63) is 41.7 Å². The molecule has 0 unspecified atom stereocenters. The Balaban J connectivity index is 1.68. The molecule has 7 heteroatoms. The lowest BCUT2D eigenvalue weighted by Crippen LogP contribution is -2.21. The second-order valence-corrected chi connectivity index (χ2v) is 6.39.